The molecule has 0 aromatic carbocycles. The van der Waals surface area contributed by atoms with Crippen molar-refractivity contribution in [1.82, 2.24) is 4.90 Å². The van der Waals surface area contributed by atoms with Crippen LogP contribution in [0.5, 0.6) is 0 Å². The Hall–Kier alpha value is -0.540. The molecule has 0 saturated heterocycles. The number of ether oxygens (including phenoxy) is 2. The van der Waals surface area contributed by atoms with E-state index in [-0.39, 0.29) is 0 Å². The van der Waals surface area contributed by atoms with Crippen molar-refractivity contribution >= 4 is 0 Å². The smallest absolute Gasteiger partial charge is 0.0931 e. The zero-order valence-electron chi connectivity index (χ0n) is 11.3. The molecule has 0 saturated carbocycles. The predicted octanol–water partition coefficient (Wildman–Crippen LogP) is 2.53. The van der Waals surface area contributed by atoms with E-state index < -0.39 is 0 Å². The first kappa shape index (κ1) is 15.5. The van der Waals surface area contributed by atoms with Gasteiger partial charge in [0.05, 0.1) is 19.0 Å². The van der Waals surface area contributed by atoms with Crippen LogP contribution in [0.4, 0.5) is 0 Å². The predicted molar refractivity (Wildman–Crippen MR) is 68.5 cm³/mol. The lowest BCUT2D eigenvalue weighted by Gasteiger charge is -2.26. The highest BCUT2D eigenvalue weighted by Gasteiger charge is 2.15. The molecule has 3 heteroatoms. The molecule has 0 bridgehead atoms. The summed E-state index contributed by atoms with van der Waals surface area (Å²) in [6, 6.07) is 0. The van der Waals surface area contributed by atoms with Crippen LogP contribution in [0, 0.1) is 5.92 Å². The van der Waals surface area contributed by atoms with Crippen LogP contribution >= 0.6 is 0 Å². The molecule has 0 aliphatic heterocycles. The summed E-state index contributed by atoms with van der Waals surface area (Å²) in [4.78, 5) is 2.38. The molecule has 0 heterocycles. The van der Waals surface area contributed by atoms with Crippen LogP contribution in [0.3, 0.4) is 0 Å². The summed E-state index contributed by atoms with van der Waals surface area (Å²) in [5.74, 6) is 1.35. The molecule has 16 heavy (non-hydrogen) atoms. The molecule has 1 atom stereocenters. The average Bonchev–Trinajstić information content (AvgIpc) is 2.30. The van der Waals surface area contributed by atoms with Gasteiger partial charge in [-0.25, -0.2) is 0 Å². The van der Waals surface area contributed by atoms with Crippen LogP contribution in [0.15, 0.2) is 12.3 Å². The second-order valence-electron chi connectivity index (χ2n) is 3.89. The molecule has 0 rings (SSSR count). The van der Waals surface area contributed by atoms with Crippen LogP contribution in [0.25, 0.3) is 0 Å². The van der Waals surface area contributed by atoms with Gasteiger partial charge in [0.2, 0.25) is 0 Å². The lowest BCUT2D eigenvalue weighted by atomic mass is 10.0. The third-order valence-corrected chi connectivity index (χ3v) is 2.82. The summed E-state index contributed by atoms with van der Waals surface area (Å²) in [7, 11) is 1.74. The largest absolute Gasteiger partial charge is 0.499 e. The lowest BCUT2D eigenvalue weighted by molar-refractivity contribution is 0.125. The highest BCUT2D eigenvalue weighted by Crippen LogP contribution is 2.16. The fourth-order valence-electron chi connectivity index (χ4n) is 1.67. The van der Waals surface area contributed by atoms with E-state index >= 15 is 0 Å². The maximum Gasteiger partial charge on any atom is 0.0931 e. The Morgan fingerprint density at radius 1 is 1.31 bits per heavy atom. The van der Waals surface area contributed by atoms with E-state index in [0.29, 0.717) is 12.5 Å². The van der Waals surface area contributed by atoms with Gasteiger partial charge in [0.25, 0.3) is 0 Å². The molecule has 0 aliphatic rings. The average molecular weight is 229 g/mol. The SMILES string of the molecule is C=C(OCC)C(CC)CN(CC)CCOC. The van der Waals surface area contributed by atoms with Gasteiger partial charge >= 0.3 is 0 Å². The maximum atomic E-state index is 5.49. The molecule has 0 spiro atoms. The molecular weight excluding hydrogens is 202 g/mol. The minimum atomic E-state index is 0.428. The van der Waals surface area contributed by atoms with Gasteiger partial charge < -0.3 is 14.4 Å². The van der Waals surface area contributed by atoms with E-state index in [1.165, 1.54) is 0 Å². The summed E-state index contributed by atoms with van der Waals surface area (Å²) in [5.41, 5.74) is 0. The van der Waals surface area contributed by atoms with Crippen molar-refractivity contribution in [3.63, 3.8) is 0 Å². The van der Waals surface area contributed by atoms with E-state index in [9.17, 15) is 0 Å². The van der Waals surface area contributed by atoms with Gasteiger partial charge in [-0.15, -0.1) is 0 Å². The van der Waals surface area contributed by atoms with Gasteiger partial charge in [-0.2, -0.15) is 0 Å². The molecule has 3 nitrogen and oxygen atoms in total. The summed E-state index contributed by atoms with van der Waals surface area (Å²) in [6.07, 6.45) is 1.07. The molecule has 0 N–H and O–H groups in total. The number of methoxy groups -OCH3 is 1. The minimum absolute atomic E-state index is 0.428. The van der Waals surface area contributed by atoms with E-state index in [2.05, 4.69) is 25.3 Å². The van der Waals surface area contributed by atoms with Crippen LogP contribution in [-0.2, 0) is 9.47 Å². The molecule has 0 amide bonds. The molecule has 0 aromatic heterocycles. The van der Waals surface area contributed by atoms with Crippen molar-refractivity contribution in [1.29, 1.82) is 0 Å². The molecule has 0 aromatic rings. The van der Waals surface area contributed by atoms with Gasteiger partial charge in [-0.1, -0.05) is 20.4 Å². The molecule has 96 valence electrons. The Bertz CT molecular complexity index is 183. The van der Waals surface area contributed by atoms with Crippen molar-refractivity contribution in [2.24, 2.45) is 5.92 Å². The Morgan fingerprint density at radius 3 is 2.44 bits per heavy atom. The number of likely N-dealkylation sites (N-methyl/N-ethyl adjacent to an activating group) is 1. The van der Waals surface area contributed by atoms with Crippen LogP contribution < -0.4 is 0 Å². The Kier molecular flexibility index (Phi) is 9.34. The first-order chi connectivity index (χ1) is 7.69. The molecule has 1 unspecified atom stereocenters. The first-order valence-corrected chi connectivity index (χ1v) is 6.22. The van der Waals surface area contributed by atoms with Crippen molar-refractivity contribution < 1.29 is 9.47 Å². The number of rotatable bonds is 10. The summed E-state index contributed by atoms with van der Waals surface area (Å²) in [6.45, 7) is 14.9. The lowest BCUT2D eigenvalue weighted by Crippen LogP contribution is -2.33. The Morgan fingerprint density at radius 2 is 2.00 bits per heavy atom. The minimum Gasteiger partial charge on any atom is -0.499 e. The second kappa shape index (κ2) is 9.67. The van der Waals surface area contributed by atoms with Gasteiger partial charge in [0, 0.05) is 26.1 Å². The second-order valence-corrected chi connectivity index (χ2v) is 3.89. The molecule has 0 radical (unpaired) electrons. The number of hydrogen-bond acceptors (Lipinski definition) is 3. The van der Waals surface area contributed by atoms with E-state index in [1.54, 1.807) is 7.11 Å². The maximum absolute atomic E-state index is 5.49. The third-order valence-electron chi connectivity index (χ3n) is 2.82. The first-order valence-electron chi connectivity index (χ1n) is 6.22. The fraction of sp³-hybridized carbons (Fsp3) is 0.846. The van der Waals surface area contributed by atoms with Crippen LogP contribution in [0.2, 0.25) is 0 Å². The van der Waals surface area contributed by atoms with Crippen LogP contribution in [0.1, 0.15) is 27.2 Å². The summed E-state index contributed by atoms with van der Waals surface area (Å²) >= 11 is 0. The Labute approximate surface area is 100 Å². The van der Waals surface area contributed by atoms with Gasteiger partial charge in [0.15, 0.2) is 0 Å². The number of nitrogens with zero attached hydrogens (tertiary/aromatic N) is 1. The topological polar surface area (TPSA) is 21.7 Å². The normalized spacial score (nSPS) is 12.8. The summed E-state index contributed by atoms with van der Waals surface area (Å²) < 4.78 is 10.6. The van der Waals surface area contributed by atoms with Crippen molar-refractivity contribution in [2.75, 3.05) is 40.0 Å². The van der Waals surface area contributed by atoms with E-state index in [4.69, 9.17) is 9.47 Å². The quantitative estimate of drug-likeness (QED) is 0.537. The third kappa shape index (κ3) is 6.13. The van der Waals surface area contributed by atoms with E-state index in [0.717, 1.165) is 38.4 Å². The zero-order valence-corrected chi connectivity index (χ0v) is 11.3. The van der Waals surface area contributed by atoms with Crippen molar-refractivity contribution in [2.45, 2.75) is 27.2 Å². The molecule has 0 fully saturated rings. The van der Waals surface area contributed by atoms with E-state index in [1.807, 2.05) is 6.92 Å². The standard InChI is InChI=1S/C13H27NO2/c1-6-13(12(4)16-8-3)11-14(7-2)9-10-15-5/h13H,4,6-11H2,1-3,5H3. The molecule has 0 aliphatic carbocycles. The number of hydrogen-bond donors (Lipinski definition) is 0. The van der Waals surface area contributed by atoms with Gasteiger partial charge in [-0.3, -0.25) is 0 Å². The monoisotopic (exact) mass is 229 g/mol. The van der Waals surface area contributed by atoms with Crippen molar-refractivity contribution in [3.8, 4) is 0 Å². The zero-order chi connectivity index (χ0) is 12.4. The Balaban J connectivity index is 4.10. The fourth-order valence-corrected chi connectivity index (χ4v) is 1.67. The summed E-state index contributed by atoms with van der Waals surface area (Å²) in [5, 5.41) is 0. The van der Waals surface area contributed by atoms with Crippen molar-refractivity contribution in [3.05, 3.63) is 12.3 Å². The highest BCUT2D eigenvalue weighted by molar-refractivity contribution is 4.92. The van der Waals surface area contributed by atoms with Gasteiger partial charge in [-0.05, 0) is 19.9 Å². The molecular formula is C13H27NO2. The van der Waals surface area contributed by atoms with Crippen LogP contribution in [-0.4, -0.2) is 44.9 Å². The highest BCUT2D eigenvalue weighted by atomic mass is 16.5. The van der Waals surface area contributed by atoms with Gasteiger partial charge in [0.1, 0.15) is 0 Å².